The summed E-state index contributed by atoms with van der Waals surface area (Å²) in [6, 6.07) is 7.14. The average molecular weight is 321 g/mol. The molecule has 0 spiro atoms. The van der Waals surface area contributed by atoms with Crippen LogP contribution in [0.1, 0.15) is 18.9 Å². The molecule has 0 saturated heterocycles. The van der Waals surface area contributed by atoms with Crippen LogP contribution in [0.3, 0.4) is 0 Å². The molecule has 0 amide bonds. The van der Waals surface area contributed by atoms with E-state index in [2.05, 4.69) is 15.9 Å². The van der Waals surface area contributed by atoms with Gasteiger partial charge >= 0.3 is 0 Å². The molecule has 1 rings (SSSR count). The van der Waals surface area contributed by atoms with Crippen LogP contribution in [0.4, 0.5) is 0 Å². The quantitative estimate of drug-likeness (QED) is 0.776. The van der Waals surface area contributed by atoms with Crippen LogP contribution in [0.15, 0.2) is 22.2 Å². The summed E-state index contributed by atoms with van der Waals surface area (Å²) >= 11 is 3.40. The number of nitriles is 2. The van der Waals surface area contributed by atoms with Gasteiger partial charge in [0.25, 0.3) is 0 Å². The lowest BCUT2D eigenvalue weighted by molar-refractivity contribution is 0.292. The second kappa shape index (κ2) is 7.45. The Morgan fingerprint density at radius 3 is 2.58 bits per heavy atom. The fourth-order valence-electron chi connectivity index (χ4n) is 1.42. The van der Waals surface area contributed by atoms with E-state index in [1.165, 1.54) is 6.08 Å². The zero-order valence-electron chi connectivity index (χ0n) is 10.7. The molecule has 0 atom stereocenters. The summed E-state index contributed by atoms with van der Waals surface area (Å²) < 4.78 is 11.6. The SMILES string of the molecule is CCCOc1c(Br)cc(C=C(C#N)C#N)cc1OC. The molecule has 5 heteroatoms. The first-order valence-corrected chi connectivity index (χ1v) is 6.47. The van der Waals surface area contributed by atoms with Crippen molar-refractivity contribution in [2.75, 3.05) is 13.7 Å². The lowest BCUT2D eigenvalue weighted by Gasteiger charge is -2.12. The number of benzene rings is 1. The van der Waals surface area contributed by atoms with E-state index in [4.69, 9.17) is 20.0 Å². The number of methoxy groups -OCH3 is 1. The van der Waals surface area contributed by atoms with Gasteiger partial charge in [-0.15, -0.1) is 0 Å². The van der Waals surface area contributed by atoms with Crippen LogP contribution < -0.4 is 9.47 Å². The van der Waals surface area contributed by atoms with Crippen molar-refractivity contribution >= 4 is 22.0 Å². The summed E-state index contributed by atoms with van der Waals surface area (Å²) in [7, 11) is 1.55. The Morgan fingerprint density at radius 1 is 1.37 bits per heavy atom. The van der Waals surface area contributed by atoms with Gasteiger partial charge in [0.05, 0.1) is 18.2 Å². The molecule has 0 bridgehead atoms. The van der Waals surface area contributed by atoms with E-state index in [0.29, 0.717) is 23.7 Å². The van der Waals surface area contributed by atoms with Crippen molar-refractivity contribution in [2.45, 2.75) is 13.3 Å². The van der Waals surface area contributed by atoms with E-state index in [9.17, 15) is 0 Å². The molecule has 0 aliphatic rings. The minimum atomic E-state index is 0.0381. The van der Waals surface area contributed by atoms with Gasteiger partial charge in [-0.05, 0) is 46.1 Å². The monoisotopic (exact) mass is 320 g/mol. The van der Waals surface area contributed by atoms with Crippen LogP contribution in [0, 0.1) is 22.7 Å². The molecule has 0 aliphatic carbocycles. The predicted molar refractivity (Wildman–Crippen MR) is 75.7 cm³/mol. The van der Waals surface area contributed by atoms with E-state index in [0.717, 1.165) is 10.9 Å². The van der Waals surface area contributed by atoms with Crippen molar-refractivity contribution in [2.24, 2.45) is 0 Å². The van der Waals surface area contributed by atoms with Crippen LogP contribution in [0.25, 0.3) is 6.08 Å². The first-order valence-electron chi connectivity index (χ1n) is 5.68. The number of hydrogen-bond donors (Lipinski definition) is 0. The topological polar surface area (TPSA) is 66.0 Å². The molecule has 1 aromatic carbocycles. The van der Waals surface area contributed by atoms with Crippen molar-refractivity contribution in [3.63, 3.8) is 0 Å². The third-order valence-electron chi connectivity index (χ3n) is 2.25. The Balaban J connectivity index is 3.21. The van der Waals surface area contributed by atoms with Crippen molar-refractivity contribution in [1.82, 2.24) is 0 Å². The Morgan fingerprint density at radius 2 is 2.05 bits per heavy atom. The first kappa shape index (κ1) is 15.1. The van der Waals surface area contributed by atoms with Gasteiger partial charge in [-0.3, -0.25) is 0 Å². The second-order valence-corrected chi connectivity index (χ2v) is 4.52. The Hall–Kier alpha value is -1.98. The molecular formula is C14H13BrN2O2. The molecular weight excluding hydrogens is 308 g/mol. The highest BCUT2D eigenvalue weighted by atomic mass is 79.9. The fraction of sp³-hybridized carbons (Fsp3) is 0.286. The number of hydrogen-bond acceptors (Lipinski definition) is 4. The van der Waals surface area contributed by atoms with Gasteiger partial charge in [0.2, 0.25) is 0 Å². The third-order valence-corrected chi connectivity index (χ3v) is 2.84. The number of rotatable bonds is 5. The van der Waals surface area contributed by atoms with E-state index < -0.39 is 0 Å². The smallest absolute Gasteiger partial charge is 0.175 e. The van der Waals surface area contributed by atoms with E-state index in [-0.39, 0.29) is 5.57 Å². The van der Waals surface area contributed by atoms with Gasteiger partial charge in [0.15, 0.2) is 11.5 Å². The van der Waals surface area contributed by atoms with Gasteiger partial charge in [-0.25, -0.2) is 0 Å². The van der Waals surface area contributed by atoms with E-state index in [1.807, 2.05) is 19.1 Å². The molecule has 1 aromatic rings. The predicted octanol–water partition coefficient (Wildman–Crippen LogP) is 3.68. The molecule has 0 radical (unpaired) electrons. The highest BCUT2D eigenvalue weighted by Gasteiger charge is 2.11. The lowest BCUT2D eigenvalue weighted by atomic mass is 10.1. The molecule has 19 heavy (non-hydrogen) atoms. The van der Waals surface area contributed by atoms with E-state index in [1.54, 1.807) is 19.2 Å². The van der Waals surface area contributed by atoms with Crippen LogP contribution in [-0.2, 0) is 0 Å². The standard InChI is InChI=1S/C14H13BrN2O2/c1-3-4-19-14-12(15)6-10(7-13(14)18-2)5-11(8-16)9-17/h5-7H,3-4H2,1-2H3. The summed E-state index contributed by atoms with van der Waals surface area (Å²) in [5.41, 5.74) is 0.738. The lowest BCUT2D eigenvalue weighted by Crippen LogP contribution is -1.99. The zero-order valence-corrected chi connectivity index (χ0v) is 12.3. The van der Waals surface area contributed by atoms with Crippen molar-refractivity contribution in [3.8, 4) is 23.6 Å². The molecule has 0 N–H and O–H groups in total. The number of allylic oxidation sites excluding steroid dienone is 1. The number of halogens is 1. The Kier molecular flexibility index (Phi) is 5.92. The van der Waals surface area contributed by atoms with Crippen molar-refractivity contribution < 1.29 is 9.47 Å². The largest absolute Gasteiger partial charge is 0.493 e. The highest BCUT2D eigenvalue weighted by molar-refractivity contribution is 9.10. The maximum atomic E-state index is 8.75. The van der Waals surface area contributed by atoms with Crippen LogP contribution in [0.2, 0.25) is 0 Å². The molecule has 0 heterocycles. The Labute approximate surface area is 121 Å². The molecule has 0 aliphatic heterocycles. The van der Waals surface area contributed by atoms with Gasteiger partial charge < -0.3 is 9.47 Å². The first-order chi connectivity index (χ1) is 9.15. The summed E-state index contributed by atoms with van der Waals surface area (Å²) in [5.74, 6) is 1.18. The van der Waals surface area contributed by atoms with Gasteiger partial charge in [0.1, 0.15) is 17.7 Å². The van der Waals surface area contributed by atoms with Gasteiger partial charge in [0, 0.05) is 0 Å². The minimum Gasteiger partial charge on any atom is -0.493 e. The van der Waals surface area contributed by atoms with Crippen LogP contribution in [0.5, 0.6) is 11.5 Å². The van der Waals surface area contributed by atoms with E-state index >= 15 is 0 Å². The van der Waals surface area contributed by atoms with Gasteiger partial charge in [-0.2, -0.15) is 10.5 Å². The summed E-state index contributed by atoms with van der Waals surface area (Å²) in [6.07, 6.45) is 2.39. The highest BCUT2D eigenvalue weighted by Crippen LogP contribution is 2.37. The van der Waals surface area contributed by atoms with Gasteiger partial charge in [-0.1, -0.05) is 6.92 Å². The zero-order chi connectivity index (χ0) is 14.3. The maximum Gasteiger partial charge on any atom is 0.175 e. The molecule has 98 valence electrons. The van der Waals surface area contributed by atoms with Crippen LogP contribution in [-0.4, -0.2) is 13.7 Å². The van der Waals surface area contributed by atoms with Crippen molar-refractivity contribution in [3.05, 3.63) is 27.7 Å². The molecule has 0 saturated carbocycles. The van der Waals surface area contributed by atoms with Crippen molar-refractivity contribution in [1.29, 1.82) is 10.5 Å². The van der Waals surface area contributed by atoms with Crippen LogP contribution >= 0.6 is 15.9 Å². The number of ether oxygens (including phenoxy) is 2. The summed E-state index contributed by atoms with van der Waals surface area (Å²) in [6.45, 7) is 2.61. The molecule has 0 aromatic heterocycles. The number of nitrogens with zero attached hydrogens (tertiary/aromatic N) is 2. The minimum absolute atomic E-state index is 0.0381. The molecule has 4 nitrogen and oxygen atoms in total. The fourth-order valence-corrected chi connectivity index (χ4v) is 2.00. The second-order valence-electron chi connectivity index (χ2n) is 3.66. The summed E-state index contributed by atoms with van der Waals surface area (Å²) in [4.78, 5) is 0. The third kappa shape index (κ3) is 4.01. The normalized spacial score (nSPS) is 9.11. The summed E-state index contributed by atoms with van der Waals surface area (Å²) in [5, 5.41) is 17.5. The maximum absolute atomic E-state index is 8.75. The molecule has 0 fully saturated rings. The average Bonchev–Trinajstić information content (AvgIpc) is 2.43. The Bertz CT molecular complexity index is 552. The molecule has 0 unspecified atom stereocenters.